The van der Waals surface area contributed by atoms with E-state index in [4.69, 9.17) is 9.47 Å². The summed E-state index contributed by atoms with van der Waals surface area (Å²) in [7, 11) is 0. The molecule has 0 radical (unpaired) electrons. The molecule has 1 aliphatic heterocycles. The number of fused-ring (bicyclic) bond motifs is 1. The van der Waals surface area contributed by atoms with Gasteiger partial charge in [0, 0.05) is 17.8 Å². The summed E-state index contributed by atoms with van der Waals surface area (Å²) in [5.74, 6) is -1.38. The van der Waals surface area contributed by atoms with Gasteiger partial charge in [0.25, 0.3) is 11.5 Å². The minimum Gasteiger partial charge on any atom is -0.506 e. The molecule has 2 aliphatic carbocycles. The second-order valence-corrected chi connectivity index (χ2v) is 10.4. The highest BCUT2D eigenvalue weighted by Crippen LogP contribution is 2.60. The number of amides is 1. The second-order valence-electron chi connectivity index (χ2n) is 10.4. The topological polar surface area (TPSA) is 103 Å². The molecule has 36 heavy (non-hydrogen) atoms. The molecule has 3 aromatic rings. The summed E-state index contributed by atoms with van der Waals surface area (Å²) in [6.07, 6.45) is 5.76. The molecule has 3 fully saturated rings. The molecule has 1 spiro atoms. The summed E-state index contributed by atoms with van der Waals surface area (Å²) in [5, 5.41) is 14.3. The van der Waals surface area contributed by atoms with Crippen molar-refractivity contribution in [3.63, 3.8) is 0 Å². The first-order valence-electron chi connectivity index (χ1n) is 12.4. The van der Waals surface area contributed by atoms with Crippen LogP contribution >= 0.6 is 0 Å². The number of ether oxygens (including phenoxy) is 2. The highest BCUT2D eigenvalue weighted by Gasteiger charge is 2.53. The van der Waals surface area contributed by atoms with Crippen LogP contribution in [-0.2, 0) is 16.0 Å². The third-order valence-electron chi connectivity index (χ3n) is 7.67. The van der Waals surface area contributed by atoms with Crippen LogP contribution in [0.3, 0.4) is 0 Å². The van der Waals surface area contributed by atoms with Crippen LogP contribution in [0, 0.1) is 11.2 Å². The van der Waals surface area contributed by atoms with E-state index < -0.39 is 23.5 Å². The number of hydrogen-bond donors (Lipinski definition) is 2. The molecule has 2 saturated carbocycles. The first-order chi connectivity index (χ1) is 17.3. The van der Waals surface area contributed by atoms with Gasteiger partial charge in [0.2, 0.25) is 0 Å². The molecule has 1 aromatic carbocycles. The zero-order valence-corrected chi connectivity index (χ0v) is 20.0. The summed E-state index contributed by atoms with van der Waals surface area (Å²) in [4.78, 5) is 31.3. The quantitative estimate of drug-likeness (QED) is 0.562. The summed E-state index contributed by atoms with van der Waals surface area (Å²) >= 11 is 0. The van der Waals surface area contributed by atoms with Crippen molar-refractivity contribution in [1.29, 1.82) is 0 Å². The zero-order chi connectivity index (χ0) is 25.0. The van der Waals surface area contributed by atoms with Gasteiger partial charge in [-0.1, -0.05) is 12.1 Å². The smallest absolute Gasteiger partial charge is 0.269 e. The van der Waals surface area contributed by atoms with Gasteiger partial charge >= 0.3 is 0 Å². The summed E-state index contributed by atoms with van der Waals surface area (Å²) in [5.41, 5.74) is 0.926. The summed E-state index contributed by atoms with van der Waals surface area (Å²) in [6, 6.07) is 7.54. The molecule has 1 saturated heterocycles. The Morgan fingerprint density at radius 1 is 1.25 bits per heavy atom. The predicted molar refractivity (Wildman–Crippen MR) is 130 cm³/mol. The molecule has 2 aromatic heterocycles. The highest BCUT2D eigenvalue weighted by molar-refractivity contribution is 6.02. The summed E-state index contributed by atoms with van der Waals surface area (Å²) < 4.78 is 26.3. The van der Waals surface area contributed by atoms with Crippen molar-refractivity contribution >= 4 is 16.9 Å². The van der Waals surface area contributed by atoms with E-state index in [1.807, 2.05) is 6.92 Å². The lowest BCUT2D eigenvalue weighted by Crippen LogP contribution is -2.47. The number of halogens is 1. The van der Waals surface area contributed by atoms with E-state index in [9.17, 15) is 19.1 Å². The molecule has 2 unspecified atom stereocenters. The van der Waals surface area contributed by atoms with E-state index in [2.05, 4.69) is 10.3 Å². The van der Waals surface area contributed by atoms with Crippen LogP contribution < -0.4 is 10.9 Å². The molecule has 3 aliphatic rings. The third kappa shape index (κ3) is 4.16. The molecule has 0 bridgehead atoms. The standard InChI is InChI=1S/C27H28FN3O5/c1-15-6-9-35-21(36-15)14-31-24-20(10-17(13-29-24)16-2-4-18(28)5-3-16)23(32)22(26(31)34)25(33)30-19-11-27(12-19)7-8-27/h2-5,10,13,15,19,21,32H,6-9,11-12,14H2,1H3,(H,30,33). The van der Waals surface area contributed by atoms with E-state index in [0.29, 0.717) is 23.1 Å². The Morgan fingerprint density at radius 2 is 2.00 bits per heavy atom. The Balaban J connectivity index is 1.42. The van der Waals surface area contributed by atoms with E-state index >= 15 is 0 Å². The first kappa shape index (κ1) is 23.1. The van der Waals surface area contributed by atoms with Crippen LogP contribution in [0.2, 0.25) is 0 Å². The van der Waals surface area contributed by atoms with Crippen molar-refractivity contribution in [2.24, 2.45) is 5.41 Å². The lowest BCUT2D eigenvalue weighted by atomic mass is 9.77. The minimum atomic E-state index is -0.685. The number of benzene rings is 1. The Kier molecular flexibility index (Phi) is 5.57. The molecular formula is C27H28FN3O5. The van der Waals surface area contributed by atoms with Crippen molar-refractivity contribution < 1.29 is 23.8 Å². The summed E-state index contributed by atoms with van der Waals surface area (Å²) in [6.45, 7) is 2.45. The fourth-order valence-corrected chi connectivity index (χ4v) is 5.40. The molecule has 2 atom stereocenters. The lowest BCUT2D eigenvalue weighted by molar-refractivity contribution is -0.212. The monoisotopic (exact) mass is 493 g/mol. The van der Waals surface area contributed by atoms with Gasteiger partial charge in [0.1, 0.15) is 22.8 Å². The van der Waals surface area contributed by atoms with Crippen molar-refractivity contribution in [3.8, 4) is 16.9 Å². The Morgan fingerprint density at radius 3 is 2.69 bits per heavy atom. The van der Waals surface area contributed by atoms with E-state index in [1.165, 1.54) is 29.5 Å². The minimum absolute atomic E-state index is 0.00233. The van der Waals surface area contributed by atoms with E-state index in [0.717, 1.165) is 19.3 Å². The number of carbonyl (C=O) groups is 1. The van der Waals surface area contributed by atoms with Gasteiger partial charge in [-0.3, -0.25) is 14.2 Å². The number of aromatic hydroxyl groups is 1. The van der Waals surface area contributed by atoms with Gasteiger partial charge in [-0.2, -0.15) is 0 Å². The van der Waals surface area contributed by atoms with Gasteiger partial charge in [0.05, 0.1) is 24.6 Å². The fraction of sp³-hybridized carbons (Fsp3) is 0.444. The van der Waals surface area contributed by atoms with Crippen LogP contribution in [-0.4, -0.2) is 45.6 Å². The van der Waals surface area contributed by atoms with Gasteiger partial charge in [0.15, 0.2) is 6.29 Å². The molecule has 8 nitrogen and oxygen atoms in total. The number of carbonyl (C=O) groups excluding carboxylic acids is 1. The number of rotatable bonds is 5. The van der Waals surface area contributed by atoms with E-state index in [-0.39, 0.29) is 41.1 Å². The van der Waals surface area contributed by atoms with Crippen molar-refractivity contribution in [2.75, 3.05) is 6.61 Å². The van der Waals surface area contributed by atoms with Gasteiger partial charge < -0.3 is 19.9 Å². The maximum Gasteiger partial charge on any atom is 0.269 e. The predicted octanol–water partition coefficient (Wildman–Crippen LogP) is 3.73. The average molecular weight is 494 g/mol. The van der Waals surface area contributed by atoms with Crippen LogP contribution in [0.15, 0.2) is 41.3 Å². The number of aromatic nitrogens is 2. The first-order valence-corrected chi connectivity index (χ1v) is 12.4. The van der Waals surface area contributed by atoms with Crippen molar-refractivity contribution in [1.82, 2.24) is 14.9 Å². The molecule has 188 valence electrons. The lowest BCUT2D eigenvalue weighted by Gasteiger charge is -2.36. The van der Waals surface area contributed by atoms with E-state index in [1.54, 1.807) is 24.4 Å². The van der Waals surface area contributed by atoms with Crippen LogP contribution in [0.5, 0.6) is 5.75 Å². The van der Waals surface area contributed by atoms with Crippen molar-refractivity contribution in [3.05, 3.63) is 58.3 Å². The largest absolute Gasteiger partial charge is 0.506 e. The number of pyridine rings is 2. The average Bonchev–Trinajstić information content (AvgIpc) is 3.63. The van der Waals surface area contributed by atoms with Gasteiger partial charge in [-0.05, 0) is 68.2 Å². The Labute approximate surface area is 207 Å². The molecule has 3 heterocycles. The van der Waals surface area contributed by atoms with Crippen LogP contribution in [0.1, 0.15) is 49.4 Å². The van der Waals surface area contributed by atoms with Crippen LogP contribution in [0.25, 0.3) is 22.2 Å². The zero-order valence-electron chi connectivity index (χ0n) is 20.0. The normalized spacial score (nSPS) is 22.9. The highest BCUT2D eigenvalue weighted by atomic mass is 19.1. The third-order valence-corrected chi connectivity index (χ3v) is 7.67. The SMILES string of the molecule is CC1CCOC(Cn2c(=O)c(C(=O)NC3CC4(CC4)C3)c(O)c3cc(-c4ccc(F)cc4)cnc32)O1. The fourth-order valence-electron chi connectivity index (χ4n) is 5.40. The van der Waals surface area contributed by atoms with Gasteiger partial charge in [-0.25, -0.2) is 9.37 Å². The maximum absolute atomic E-state index is 13.6. The maximum atomic E-state index is 13.6. The molecule has 2 N–H and O–H groups in total. The number of nitrogens with zero attached hydrogens (tertiary/aromatic N) is 2. The number of hydrogen-bond acceptors (Lipinski definition) is 6. The molecular weight excluding hydrogens is 465 g/mol. The van der Waals surface area contributed by atoms with Crippen LogP contribution in [0.4, 0.5) is 4.39 Å². The Hall–Kier alpha value is -3.30. The number of nitrogens with one attached hydrogen (secondary N) is 1. The molecule has 6 rings (SSSR count). The van der Waals surface area contributed by atoms with Gasteiger partial charge in [-0.15, -0.1) is 0 Å². The molecule has 1 amide bonds. The second kappa shape index (κ2) is 8.67. The molecule has 9 heteroatoms. The Bertz CT molecular complexity index is 1390. The van der Waals surface area contributed by atoms with Crippen molar-refractivity contribution in [2.45, 2.75) is 64.0 Å².